The van der Waals surface area contributed by atoms with E-state index in [1.807, 2.05) is 32.0 Å². The van der Waals surface area contributed by atoms with Crippen LogP contribution >= 0.6 is 0 Å². The molecule has 0 saturated heterocycles. The molecule has 21 heavy (non-hydrogen) atoms. The van der Waals surface area contributed by atoms with Gasteiger partial charge in [-0.3, -0.25) is 9.00 Å². The molecule has 2 rings (SSSR count). The van der Waals surface area contributed by atoms with Gasteiger partial charge in [-0.15, -0.1) is 0 Å². The molecule has 2 unspecified atom stereocenters. The number of carbonyl (C=O) groups is 1. The SMILES string of the molecule is Cc1[nH]c2ccc(C(=O)NC(C)CCS(C)=O)cc2c1C. The van der Waals surface area contributed by atoms with Crippen LogP contribution in [0.5, 0.6) is 0 Å². The summed E-state index contributed by atoms with van der Waals surface area (Å²) in [5.41, 5.74) is 4.01. The first kappa shape index (κ1) is 15.8. The molecule has 2 atom stereocenters. The van der Waals surface area contributed by atoms with Gasteiger partial charge < -0.3 is 10.3 Å². The zero-order valence-electron chi connectivity index (χ0n) is 12.9. The maximum Gasteiger partial charge on any atom is 0.251 e. The molecular formula is C16H22N2O2S. The van der Waals surface area contributed by atoms with Gasteiger partial charge in [0.05, 0.1) is 0 Å². The van der Waals surface area contributed by atoms with Crippen molar-refractivity contribution in [3.8, 4) is 0 Å². The molecule has 1 aromatic carbocycles. The van der Waals surface area contributed by atoms with Crippen molar-refractivity contribution in [2.24, 2.45) is 0 Å². The van der Waals surface area contributed by atoms with Gasteiger partial charge in [-0.05, 0) is 51.0 Å². The Hall–Kier alpha value is -1.62. The minimum Gasteiger partial charge on any atom is -0.358 e. The minimum absolute atomic E-state index is 0.0196. The van der Waals surface area contributed by atoms with Crippen LogP contribution in [0.2, 0.25) is 0 Å². The number of rotatable bonds is 5. The van der Waals surface area contributed by atoms with Crippen LogP contribution in [0.1, 0.15) is 35.0 Å². The lowest BCUT2D eigenvalue weighted by Gasteiger charge is -2.13. The number of aromatic nitrogens is 1. The molecule has 0 spiro atoms. The summed E-state index contributed by atoms with van der Waals surface area (Å²) in [6.45, 7) is 6.02. The molecule has 2 N–H and O–H groups in total. The Morgan fingerprint density at radius 2 is 2.10 bits per heavy atom. The van der Waals surface area contributed by atoms with E-state index in [4.69, 9.17) is 0 Å². The number of carbonyl (C=O) groups excluding carboxylic acids is 1. The summed E-state index contributed by atoms with van der Waals surface area (Å²) >= 11 is 0. The monoisotopic (exact) mass is 306 g/mol. The molecule has 0 radical (unpaired) electrons. The van der Waals surface area contributed by atoms with E-state index in [0.29, 0.717) is 11.3 Å². The fourth-order valence-electron chi connectivity index (χ4n) is 2.32. The topological polar surface area (TPSA) is 62.0 Å². The normalized spacial score (nSPS) is 14.1. The van der Waals surface area contributed by atoms with Crippen LogP contribution < -0.4 is 5.32 Å². The van der Waals surface area contributed by atoms with Gasteiger partial charge in [-0.2, -0.15) is 0 Å². The quantitative estimate of drug-likeness (QED) is 0.892. The number of H-pyrrole nitrogens is 1. The highest BCUT2D eigenvalue weighted by Gasteiger charge is 2.12. The van der Waals surface area contributed by atoms with Crippen molar-refractivity contribution in [3.63, 3.8) is 0 Å². The third-order valence-electron chi connectivity index (χ3n) is 3.79. The van der Waals surface area contributed by atoms with Gasteiger partial charge in [-0.1, -0.05) is 0 Å². The van der Waals surface area contributed by atoms with Crippen LogP contribution in [0, 0.1) is 13.8 Å². The predicted octanol–water partition coefficient (Wildman–Crippen LogP) is 2.67. The second kappa shape index (κ2) is 6.43. The minimum atomic E-state index is -0.820. The van der Waals surface area contributed by atoms with Gasteiger partial charge in [0.1, 0.15) is 0 Å². The number of amides is 1. The van der Waals surface area contributed by atoms with E-state index >= 15 is 0 Å². The molecule has 1 amide bonds. The summed E-state index contributed by atoms with van der Waals surface area (Å²) in [5, 5.41) is 4.04. The van der Waals surface area contributed by atoms with Crippen molar-refractivity contribution < 1.29 is 9.00 Å². The van der Waals surface area contributed by atoms with E-state index in [1.54, 1.807) is 6.26 Å². The average Bonchev–Trinajstić information content (AvgIpc) is 2.71. The van der Waals surface area contributed by atoms with Gasteiger partial charge in [0, 0.05) is 51.0 Å². The number of aryl methyl sites for hydroxylation is 2. The standard InChI is InChI=1S/C16H22N2O2S/c1-10(7-8-21(4)20)17-16(19)13-5-6-15-14(9-13)11(2)12(3)18-15/h5-6,9-10,18H,7-8H2,1-4H3,(H,17,19). The largest absolute Gasteiger partial charge is 0.358 e. The lowest BCUT2D eigenvalue weighted by atomic mass is 10.1. The lowest BCUT2D eigenvalue weighted by Crippen LogP contribution is -2.33. The molecule has 1 aromatic heterocycles. The second-order valence-electron chi connectivity index (χ2n) is 5.58. The van der Waals surface area contributed by atoms with Crippen LogP contribution in [-0.2, 0) is 10.8 Å². The van der Waals surface area contributed by atoms with Crippen LogP contribution in [-0.4, -0.2) is 33.2 Å². The molecule has 0 fully saturated rings. The Morgan fingerprint density at radius 3 is 2.76 bits per heavy atom. The van der Waals surface area contributed by atoms with Gasteiger partial charge in [0.2, 0.25) is 0 Å². The van der Waals surface area contributed by atoms with Gasteiger partial charge >= 0.3 is 0 Å². The molecule has 0 aliphatic heterocycles. The van der Waals surface area contributed by atoms with Gasteiger partial charge in [0.25, 0.3) is 5.91 Å². The Labute approximate surface area is 127 Å². The molecule has 0 saturated carbocycles. The first-order chi connectivity index (χ1) is 9.88. The molecular weight excluding hydrogens is 284 g/mol. The van der Waals surface area contributed by atoms with Crippen molar-refractivity contribution in [1.29, 1.82) is 0 Å². The number of benzene rings is 1. The van der Waals surface area contributed by atoms with Crippen LogP contribution in [0.4, 0.5) is 0 Å². The molecule has 2 aromatic rings. The summed E-state index contributed by atoms with van der Waals surface area (Å²) in [6, 6.07) is 5.72. The Morgan fingerprint density at radius 1 is 1.38 bits per heavy atom. The van der Waals surface area contributed by atoms with Gasteiger partial charge in [-0.25, -0.2) is 0 Å². The molecule has 0 aliphatic carbocycles. The van der Waals surface area contributed by atoms with E-state index < -0.39 is 10.8 Å². The molecule has 1 heterocycles. The van der Waals surface area contributed by atoms with Crippen molar-refractivity contribution >= 4 is 27.6 Å². The average molecular weight is 306 g/mol. The molecule has 0 aliphatic rings. The fraction of sp³-hybridized carbons (Fsp3) is 0.438. The van der Waals surface area contributed by atoms with E-state index in [-0.39, 0.29) is 11.9 Å². The highest BCUT2D eigenvalue weighted by Crippen LogP contribution is 2.22. The van der Waals surface area contributed by atoms with Crippen LogP contribution in [0.25, 0.3) is 10.9 Å². The van der Waals surface area contributed by atoms with Crippen LogP contribution in [0.15, 0.2) is 18.2 Å². The summed E-state index contributed by atoms with van der Waals surface area (Å²) in [5.74, 6) is 0.529. The first-order valence-electron chi connectivity index (χ1n) is 7.08. The van der Waals surface area contributed by atoms with E-state index in [9.17, 15) is 9.00 Å². The highest BCUT2D eigenvalue weighted by atomic mass is 32.2. The molecule has 0 bridgehead atoms. The predicted molar refractivity (Wildman–Crippen MR) is 88.3 cm³/mol. The van der Waals surface area contributed by atoms with E-state index in [1.165, 1.54) is 5.56 Å². The van der Waals surface area contributed by atoms with E-state index in [2.05, 4.69) is 17.2 Å². The van der Waals surface area contributed by atoms with Crippen LogP contribution in [0.3, 0.4) is 0 Å². The third-order valence-corrected chi connectivity index (χ3v) is 4.60. The summed E-state index contributed by atoms with van der Waals surface area (Å²) in [4.78, 5) is 15.6. The third kappa shape index (κ3) is 3.73. The second-order valence-corrected chi connectivity index (χ2v) is 7.13. The van der Waals surface area contributed by atoms with Gasteiger partial charge in [0.15, 0.2) is 0 Å². The maximum atomic E-state index is 12.3. The summed E-state index contributed by atoms with van der Waals surface area (Å²) < 4.78 is 11.1. The Kier molecular flexibility index (Phi) is 4.83. The zero-order valence-corrected chi connectivity index (χ0v) is 13.8. The summed E-state index contributed by atoms with van der Waals surface area (Å²) in [7, 11) is -0.820. The Bertz CT molecular complexity index is 691. The Balaban J connectivity index is 2.12. The van der Waals surface area contributed by atoms with Crippen molar-refractivity contribution in [2.45, 2.75) is 33.2 Å². The number of nitrogens with one attached hydrogen (secondary N) is 2. The molecule has 5 heteroatoms. The lowest BCUT2D eigenvalue weighted by molar-refractivity contribution is 0.0939. The smallest absolute Gasteiger partial charge is 0.251 e. The fourth-order valence-corrected chi connectivity index (χ4v) is 3.01. The highest BCUT2D eigenvalue weighted by molar-refractivity contribution is 7.84. The summed E-state index contributed by atoms with van der Waals surface area (Å²) in [6.07, 6.45) is 2.40. The van der Waals surface area contributed by atoms with E-state index in [0.717, 1.165) is 23.0 Å². The van der Waals surface area contributed by atoms with Crippen molar-refractivity contribution in [2.75, 3.05) is 12.0 Å². The number of fused-ring (bicyclic) bond motifs is 1. The first-order valence-corrected chi connectivity index (χ1v) is 8.81. The number of hydrogen-bond donors (Lipinski definition) is 2. The van der Waals surface area contributed by atoms with Crippen molar-refractivity contribution in [3.05, 3.63) is 35.0 Å². The molecule has 4 nitrogen and oxygen atoms in total. The number of aromatic amines is 1. The zero-order chi connectivity index (χ0) is 15.6. The number of hydrogen-bond acceptors (Lipinski definition) is 2. The molecule has 114 valence electrons. The maximum absolute atomic E-state index is 12.3. The van der Waals surface area contributed by atoms with Crippen molar-refractivity contribution in [1.82, 2.24) is 10.3 Å².